The number of carbonyl (C=O) groups excluding carboxylic acids is 3. The molecule has 0 spiro atoms. The highest BCUT2D eigenvalue weighted by atomic mass is 35.5. The van der Waals surface area contributed by atoms with Crippen LogP contribution in [0.25, 0.3) is 0 Å². The average Bonchev–Trinajstić information content (AvgIpc) is 3.10. The molecule has 2 amide bonds. The van der Waals surface area contributed by atoms with Gasteiger partial charge in [0.05, 0.1) is 6.54 Å². The van der Waals surface area contributed by atoms with Crippen molar-refractivity contribution in [3.63, 3.8) is 0 Å². The van der Waals surface area contributed by atoms with Crippen molar-refractivity contribution < 1.29 is 32.4 Å². The Hall–Kier alpha value is -2.95. The summed E-state index contributed by atoms with van der Waals surface area (Å²) in [6, 6.07) is 13.2. The largest absolute Gasteiger partial charge is 0.497 e. The van der Waals surface area contributed by atoms with Gasteiger partial charge in [0.2, 0.25) is 0 Å². The summed E-state index contributed by atoms with van der Waals surface area (Å²) < 4.78 is 39.5. The van der Waals surface area contributed by atoms with E-state index >= 15 is 0 Å². The van der Waals surface area contributed by atoms with Crippen LogP contribution in [0.4, 0.5) is 18.9 Å². The number of hydroxylamine groups is 2. The predicted molar refractivity (Wildman–Crippen MR) is 152 cm³/mol. The van der Waals surface area contributed by atoms with Crippen molar-refractivity contribution in [1.29, 1.82) is 0 Å². The molecule has 1 saturated heterocycles. The molecule has 3 aliphatic rings. The number of rotatable bonds is 6. The van der Waals surface area contributed by atoms with Crippen LogP contribution in [0, 0.1) is 5.92 Å². The molecule has 5 rings (SSSR count). The first-order chi connectivity index (χ1) is 20.1. The number of likely N-dealkylation sites (tertiary alicyclic amines) is 1. The fraction of sp³-hybridized carbons (Fsp3) is 0.516. The summed E-state index contributed by atoms with van der Waals surface area (Å²) in [5.74, 6) is -3.55. The first-order valence-electron chi connectivity index (χ1n) is 14.7. The summed E-state index contributed by atoms with van der Waals surface area (Å²) in [7, 11) is 0. The van der Waals surface area contributed by atoms with E-state index in [1.165, 1.54) is 55.2 Å². The molecule has 226 valence electrons. The molecule has 1 saturated carbocycles. The average molecular weight is 607 g/mol. The molecular weight excluding hydrogens is 571 g/mol. The zero-order chi connectivity index (χ0) is 29.9. The minimum Gasteiger partial charge on any atom is -0.320 e. The lowest BCUT2D eigenvalue weighted by molar-refractivity contribution is -0.234. The Bertz CT molecular complexity index is 1290. The normalized spacial score (nSPS) is 22.9. The van der Waals surface area contributed by atoms with Crippen LogP contribution in [0.1, 0.15) is 67.3 Å². The molecule has 11 heteroatoms. The zero-order valence-corrected chi connectivity index (χ0v) is 24.2. The lowest BCUT2D eigenvalue weighted by Gasteiger charge is -2.40. The standard InChI is InChI=1S/C31H36ClF3N3O4/c32-25-12-10-23(11-13-25)29(40)37-20-24-6-4-5-9-27(24)38(28(39)21-37,42-30(41)31(33,34)35)19-16-22-14-17-36(18-15-22)26-7-2-1-3-8-26/h4-6,9-13,22,26H,1-3,7-8,14-21H2/q+1. The van der Waals surface area contributed by atoms with Crippen molar-refractivity contribution in [2.45, 2.75) is 70.1 Å². The zero-order valence-electron chi connectivity index (χ0n) is 23.5. The minimum absolute atomic E-state index is 0.0350. The molecule has 42 heavy (non-hydrogen) atoms. The Morgan fingerprint density at radius 3 is 2.26 bits per heavy atom. The maximum absolute atomic E-state index is 14.0. The summed E-state index contributed by atoms with van der Waals surface area (Å²) in [5.41, 5.74) is 0.862. The van der Waals surface area contributed by atoms with Gasteiger partial charge in [-0.05, 0) is 73.6 Å². The second-order valence-electron chi connectivity index (χ2n) is 11.6. The fourth-order valence-electron chi connectivity index (χ4n) is 6.59. The number of fused-ring (bicyclic) bond motifs is 1. The first kappa shape index (κ1) is 30.5. The highest BCUT2D eigenvalue weighted by molar-refractivity contribution is 6.30. The lowest BCUT2D eigenvalue weighted by Crippen LogP contribution is -2.60. The molecule has 2 aromatic rings. The van der Waals surface area contributed by atoms with E-state index in [9.17, 15) is 27.6 Å². The van der Waals surface area contributed by atoms with Crippen molar-refractivity contribution in [1.82, 2.24) is 14.4 Å². The maximum Gasteiger partial charge on any atom is 0.497 e. The third-order valence-electron chi connectivity index (χ3n) is 8.91. The van der Waals surface area contributed by atoms with Gasteiger partial charge in [-0.15, -0.1) is 0 Å². The van der Waals surface area contributed by atoms with Crippen LogP contribution < -0.4 is 4.65 Å². The number of hydrogen-bond acceptors (Lipinski definition) is 5. The van der Waals surface area contributed by atoms with Crippen molar-refractivity contribution >= 4 is 35.1 Å². The molecule has 1 atom stereocenters. The topological polar surface area (TPSA) is 66.9 Å². The highest BCUT2D eigenvalue weighted by Crippen LogP contribution is 2.37. The van der Waals surface area contributed by atoms with Gasteiger partial charge in [-0.2, -0.15) is 13.2 Å². The second-order valence-corrected chi connectivity index (χ2v) is 12.0. The first-order valence-corrected chi connectivity index (χ1v) is 15.0. The highest BCUT2D eigenvalue weighted by Gasteiger charge is 2.55. The van der Waals surface area contributed by atoms with Crippen molar-refractivity contribution in [3.05, 3.63) is 64.7 Å². The molecular formula is C31H36ClF3N3O4+. The van der Waals surface area contributed by atoms with E-state index < -0.39 is 35.2 Å². The van der Waals surface area contributed by atoms with Gasteiger partial charge in [-0.25, -0.2) is 9.59 Å². The SMILES string of the molecule is O=C(c1ccc(Cl)cc1)N1CC(=O)[N+](CCC2CCN(C3CCCCC3)CC2)(OC(=O)C(F)(F)F)c2ccccc2C1. The Balaban J connectivity index is 1.41. The van der Waals surface area contributed by atoms with Crippen LogP contribution >= 0.6 is 11.6 Å². The minimum atomic E-state index is -5.29. The summed E-state index contributed by atoms with van der Waals surface area (Å²) in [6.07, 6.45) is 3.00. The molecule has 0 N–H and O–H groups in total. The third-order valence-corrected chi connectivity index (χ3v) is 9.16. The number of quaternary nitrogens is 1. The van der Waals surface area contributed by atoms with Crippen LogP contribution in [0.2, 0.25) is 5.02 Å². The molecule has 0 bridgehead atoms. The molecule has 2 aliphatic heterocycles. The second kappa shape index (κ2) is 12.7. The van der Waals surface area contributed by atoms with Gasteiger partial charge in [0.1, 0.15) is 13.1 Å². The monoisotopic (exact) mass is 606 g/mol. The molecule has 1 aliphatic carbocycles. The van der Waals surface area contributed by atoms with Gasteiger partial charge in [0.15, 0.2) is 5.69 Å². The maximum atomic E-state index is 14.0. The van der Waals surface area contributed by atoms with Gasteiger partial charge >= 0.3 is 18.1 Å². The molecule has 0 radical (unpaired) electrons. The van der Waals surface area contributed by atoms with Crippen LogP contribution in [0.15, 0.2) is 48.5 Å². The lowest BCUT2D eigenvalue weighted by atomic mass is 9.88. The third kappa shape index (κ3) is 6.66. The van der Waals surface area contributed by atoms with Crippen molar-refractivity contribution in [2.24, 2.45) is 5.92 Å². The Kier molecular flexibility index (Phi) is 9.25. The quantitative estimate of drug-likeness (QED) is 0.362. The summed E-state index contributed by atoms with van der Waals surface area (Å²) in [4.78, 5) is 48.7. The van der Waals surface area contributed by atoms with Gasteiger partial charge in [-0.1, -0.05) is 49.1 Å². The van der Waals surface area contributed by atoms with E-state index in [1.807, 2.05) is 0 Å². The number of piperidine rings is 1. The molecule has 0 aromatic heterocycles. The van der Waals surface area contributed by atoms with Crippen LogP contribution in [0.3, 0.4) is 0 Å². The fourth-order valence-corrected chi connectivity index (χ4v) is 6.72. The number of carbonyl (C=O) groups is 3. The Labute approximate surface area is 248 Å². The molecule has 2 fully saturated rings. The van der Waals surface area contributed by atoms with Gasteiger partial charge in [-0.3, -0.25) is 9.63 Å². The number of hydrogen-bond donors (Lipinski definition) is 0. The van der Waals surface area contributed by atoms with E-state index in [0.717, 1.165) is 25.9 Å². The van der Waals surface area contributed by atoms with Crippen molar-refractivity contribution in [2.75, 3.05) is 26.2 Å². The van der Waals surface area contributed by atoms with E-state index in [1.54, 1.807) is 30.3 Å². The van der Waals surface area contributed by atoms with Gasteiger partial charge in [0, 0.05) is 34.7 Å². The number of amides is 2. The van der Waals surface area contributed by atoms with Crippen LogP contribution in [-0.4, -0.2) is 66.0 Å². The van der Waals surface area contributed by atoms with Crippen LogP contribution in [0.5, 0.6) is 0 Å². The van der Waals surface area contributed by atoms with Gasteiger partial charge in [0.25, 0.3) is 5.91 Å². The Morgan fingerprint density at radius 2 is 1.60 bits per heavy atom. The molecule has 2 heterocycles. The van der Waals surface area contributed by atoms with E-state index in [4.69, 9.17) is 16.4 Å². The smallest absolute Gasteiger partial charge is 0.320 e. The molecule has 1 unspecified atom stereocenters. The van der Waals surface area contributed by atoms with Gasteiger partial charge < -0.3 is 9.80 Å². The van der Waals surface area contributed by atoms with Crippen molar-refractivity contribution in [3.8, 4) is 0 Å². The van der Waals surface area contributed by atoms with E-state index in [2.05, 4.69) is 4.90 Å². The van der Waals surface area contributed by atoms with E-state index in [-0.39, 0.29) is 30.3 Å². The number of alkyl halides is 3. The predicted octanol–water partition coefficient (Wildman–Crippen LogP) is 6.29. The summed E-state index contributed by atoms with van der Waals surface area (Å²) in [6.45, 7) is 1.11. The molecule has 2 aromatic carbocycles. The van der Waals surface area contributed by atoms with Crippen LogP contribution in [-0.2, 0) is 21.0 Å². The van der Waals surface area contributed by atoms with E-state index in [0.29, 0.717) is 23.0 Å². The molecule has 7 nitrogen and oxygen atoms in total. The number of halogens is 4. The summed E-state index contributed by atoms with van der Waals surface area (Å²) in [5, 5.41) is 0.433. The number of para-hydroxylation sites is 1. The number of benzene rings is 2. The number of nitrogens with zero attached hydrogens (tertiary/aromatic N) is 3. The Morgan fingerprint density at radius 1 is 0.929 bits per heavy atom. The summed E-state index contributed by atoms with van der Waals surface area (Å²) >= 11 is 5.96.